The Morgan fingerprint density at radius 1 is 0.968 bits per heavy atom. The molecule has 0 saturated carbocycles. The normalized spacial score (nSPS) is 11.0. The van der Waals surface area contributed by atoms with Gasteiger partial charge in [0.15, 0.2) is 5.13 Å². The quantitative estimate of drug-likeness (QED) is 0.387. The number of anilines is 1. The van der Waals surface area contributed by atoms with E-state index in [1.54, 1.807) is 4.68 Å². The van der Waals surface area contributed by atoms with Gasteiger partial charge in [0.05, 0.1) is 29.5 Å². The highest BCUT2D eigenvalue weighted by Gasteiger charge is 2.18. The van der Waals surface area contributed by atoms with Crippen LogP contribution in [0.25, 0.3) is 22.3 Å². The number of amides is 1. The lowest BCUT2D eigenvalue weighted by Gasteiger charge is -2.04. The molecule has 6 nitrogen and oxygen atoms in total. The van der Waals surface area contributed by atoms with E-state index < -0.39 is 0 Å². The monoisotopic (exact) mass is 445 g/mol. The van der Waals surface area contributed by atoms with E-state index in [4.69, 9.17) is 11.6 Å². The van der Waals surface area contributed by atoms with E-state index in [-0.39, 0.29) is 11.1 Å². The van der Waals surface area contributed by atoms with Crippen molar-refractivity contribution in [1.82, 2.24) is 19.7 Å². The standard InChI is InChI=1S/C23H16ClN5OS/c24-21-17(12-25-29(21)13-15-6-2-1-3-7-15)22(30)28-23-27-20(14-31-23)19-11-10-16-8-4-5-9-18(16)26-19/h1-12,14H,13H2,(H,27,28,30). The third-order valence-corrected chi connectivity index (χ3v) is 5.94. The maximum absolute atomic E-state index is 12.7. The molecule has 0 unspecified atom stereocenters. The summed E-state index contributed by atoms with van der Waals surface area (Å²) >= 11 is 7.74. The van der Waals surface area contributed by atoms with Crippen molar-refractivity contribution < 1.29 is 4.79 Å². The van der Waals surface area contributed by atoms with Crippen molar-refractivity contribution in [3.05, 3.63) is 94.6 Å². The predicted octanol–water partition coefficient (Wildman–Crippen LogP) is 5.51. The van der Waals surface area contributed by atoms with Gasteiger partial charge in [0.25, 0.3) is 5.91 Å². The van der Waals surface area contributed by atoms with Gasteiger partial charge < -0.3 is 0 Å². The number of fused-ring (bicyclic) bond motifs is 1. The molecule has 0 radical (unpaired) electrons. The predicted molar refractivity (Wildman–Crippen MR) is 124 cm³/mol. The van der Waals surface area contributed by atoms with Crippen LogP contribution in [0.4, 0.5) is 5.13 Å². The molecule has 0 saturated heterocycles. The van der Waals surface area contributed by atoms with Crippen LogP contribution in [0.3, 0.4) is 0 Å². The average Bonchev–Trinajstić information content (AvgIpc) is 3.41. The minimum absolute atomic E-state index is 0.286. The van der Waals surface area contributed by atoms with Crippen LogP contribution in [0.5, 0.6) is 0 Å². The number of hydrogen-bond acceptors (Lipinski definition) is 5. The smallest absolute Gasteiger partial charge is 0.262 e. The Bertz CT molecular complexity index is 1380. The van der Waals surface area contributed by atoms with Gasteiger partial charge in [-0.2, -0.15) is 5.10 Å². The van der Waals surface area contributed by atoms with Gasteiger partial charge in [-0.3, -0.25) is 10.1 Å². The van der Waals surface area contributed by atoms with Crippen LogP contribution in [-0.2, 0) is 6.54 Å². The molecule has 0 aliphatic rings. The van der Waals surface area contributed by atoms with E-state index in [2.05, 4.69) is 20.4 Å². The number of aromatic nitrogens is 4. The summed E-state index contributed by atoms with van der Waals surface area (Å²) in [5, 5.41) is 10.8. The van der Waals surface area contributed by atoms with E-state index in [1.807, 2.05) is 72.1 Å². The Morgan fingerprint density at radius 2 is 1.77 bits per heavy atom. The zero-order valence-electron chi connectivity index (χ0n) is 16.2. The van der Waals surface area contributed by atoms with Crippen LogP contribution in [0.1, 0.15) is 15.9 Å². The lowest BCUT2D eigenvalue weighted by Crippen LogP contribution is -2.12. The molecule has 152 valence electrons. The molecule has 31 heavy (non-hydrogen) atoms. The summed E-state index contributed by atoms with van der Waals surface area (Å²) in [6, 6.07) is 21.7. The second kappa shape index (κ2) is 8.29. The number of nitrogens with one attached hydrogen (secondary N) is 1. The molecule has 3 aromatic heterocycles. The first-order valence-corrected chi connectivity index (χ1v) is 10.8. The van der Waals surface area contributed by atoms with Crippen LogP contribution in [0, 0.1) is 0 Å². The van der Waals surface area contributed by atoms with Crippen molar-refractivity contribution in [2.75, 3.05) is 5.32 Å². The molecule has 0 fully saturated rings. The summed E-state index contributed by atoms with van der Waals surface area (Å²) < 4.78 is 1.60. The van der Waals surface area contributed by atoms with Crippen LogP contribution in [0.2, 0.25) is 5.15 Å². The molecular weight excluding hydrogens is 430 g/mol. The highest BCUT2D eigenvalue weighted by molar-refractivity contribution is 7.14. The Hall–Kier alpha value is -3.55. The first-order valence-electron chi connectivity index (χ1n) is 9.56. The number of carbonyl (C=O) groups excluding carboxylic acids is 1. The first-order chi connectivity index (χ1) is 15.2. The summed E-state index contributed by atoms with van der Waals surface area (Å²) in [4.78, 5) is 21.9. The van der Waals surface area contributed by atoms with Crippen LogP contribution in [-0.4, -0.2) is 25.7 Å². The first kappa shape index (κ1) is 19.4. The molecule has 5 rings (SSSR count). The second-order valence-electron chi connectivity index (χ2n) is 6.87. The van der Waals surface area contributed by atoms with Gasteiger partial charge in [0.2, 0.25) is 0 Å². The number of pyridine rings is 1. The van der Waals surface area contributed by atoms with E-state index in [0.717, 1.165) is 22.2 Å². The number of benzene rings is 2. The highest BCUT2D eigenvalue weighted by atomic mass is 35.5. The van der Waals surface area contributed by atoms with Crippen molar-refractivity contribution in [1.29, 1.82) is 0 Å². The Labute approximate surface area is 187 Å². The Balaban J connectivity index is 1.33. The minimum Gasteiger partial charge on any atom is -0.298 e. The van der Waals surface area contributed by atoms with Crippen molar-refractivity contribution in [3.63, 3.8) is 0 Å². The summed E-state index contributed by atoms with van der Waals surface area (Å²) in [6.07, 6.45) is 1.47. The van der Waals surface area contributed by atoms with Crippen LogP contribution >= 0.6 is 22.9 Å². The van der Waals surface area contributed by atoms with Gasteiger partial charge in [0, 0.05) is 10.8 Å². The number of carbonyl (C=O) groups is 1. The summed E-state index contributed by atoms with van der Waals surface area (Å²) in [6.45, 7) is 0.488. The molecule has 0 atom stereocenters. The van der Waals surface area contributed by atoms with Gasteiger partial charge in [-0.15, -0.1) is 11.3 Å². The van der Waals surface area contributed by atoms with Gasteiger partial charge in [-0.05, 0) is 17.7 Å². The zero-order valence-corrected chi connectivity index (χ0v) is 17.8. The molecule has 0 aliphatic heterocycles. The number of rotatable bonds is 5. The molecule has 0 aliphatic carbocycles. The third kappa shape index (κ3) is 4.05. The molecular formula is C23H16ClN5OS. The topological polar surface area (TPSA) is 72.7 Å². The lowest BCUT2D eigenvalue weighted by molar-refractivity contribution is 0.102. The maximum atomic E-state index is 12.7. The number of hydrogen-bond donors (Lipinski definition) is 1. The van der Waals surface area contributed by atoms with Crippen molar-refractivity contribution in [3.8, 4) is 11.4 Å². The Kier molecular flexibility index (Phi) is 5.19. The second-order valence-corrected chi connectivity index (χ2v) is 8.09. The molecule has 0 spiro atoms. The number of para-hydroxylation sites is 1. The molecule has 8 heteroatoms. The van der Waals surface area contributed by atoms with Gasteiger partial charge in [0.1, 0.15) is 10.8 Å². The van der Waals surface area contributed by atoms with E-state index in [1.165, 1.54) is 17.5 Å². The molecule has 0 bridgehead atoms. The van der Waals surface area contributed by atoms with Gasteiger partial charge in [-0.25, -0.2) is 14.6 Å². The summed E-state index contributed by atoms with van der Waals surface area (Å²) in [5.74, 6) is -0.350. The fourth-order valence-corrected chi connectivity index (χ4v) is 4.15. The number of halogens is 1. The van der Waals surface area contributed by atoms with Gasteiger partial charge in [-0.1, -0.05) is 66.2 Å². The molecule has 1 N–H and O–H groups in total. The molecule has 5 aromatic rings. The highest BCUT2D eigenvalue weighted by Crippen LogP contribution is 2.26. The van der Waals surface area contributed by atoms with Crippen molar-refractivity contribution in [2.24, 2.45) is 0 Å². The largest absolute Gasteiger partial charge is 0.298 e. The SMILES string of the molecule is O=C(Nc1nc(-c2ccc3ccccc3n2)cs1)c1cnn(Cc2ccccc2)c1Cl. The van der Waals surface area contributed by atoms with Crippen LogP contribution < -0.4 is 5.32 Å². The molecule has 2 aromatic carbocycles. The fraction of sp³-hybridized carbons (Fsp3) is 0.0435. The fourth-order valence-electron chi connectivity index (χ4n) is 3.21. The maximum Gasteiger partial charge on any atom is 0.262 e. The van der Waals surface area contributed by atoms with Gasteiger partial charge >= 0.3 is 0 Å². The molecule has 3 heterocycles. The average molecular weight is 446 g/mol. The van der Waals surface area contributed by atoms with E-state index in [9.17, 15) is 4.79 Å². The third-order valence-electron chi connectivity index (χ3n) is 4.78. The minimum atomic E-state index is -0.350. The van der Waals surface area contributed by atoms with E-state index >= 15 is 0 Å². The van der Waals surface area contributed by atoms with Crippen LogP contribution in [0.15, 0.2) is 78.3 Å². The number of thiazole rings is 1. The van der Waals surface area contributed by atoms with Crippen molar-refractivity contribution in [2.45, 2.75) is 6.54 Å². The van der Waals surface area contributed by atoms with E-state index in [0.29, 0.717) is 22.9 Å². The molecule has 1 amide bonds. The summed E-state index contributed by atoms with van der Waals surface area (Å²) in [7, 11) is 0. The summed E-state index contributed by atoms with van der Waals surface area (Å²) in [5.41, 5.74) is 3.71. The zero-order chi connectivity index (χ0) is 21.2. The van der Waals surface area contributed by atoms with Crippen molar-refractivity contribution >= 4 is 44.9 Å². The Morgan fingerprint density at radius 3 is 2.65 bits per heavy atom. The lowest BCUT2D eigenvalue weighted by atomic mass is 10.2. The number of nitrogens with zero attached hydrogens (tertiary/aromatic N) is 4.